The minimum absolute atomic E-state index is 0.127. The van der Waals surface area contributed by atoms with Crippen molar-refractivity contribution in [2.45, 2.75) is 16.4 Å². The third-order valence-corrected chi connectivity index (χ3v) is 5.18. The monoisotopic (exact) mass is 368 g/mol. The number of halogens is 2. The number of hydrogen-bond acceptors (Lipinski definition) is 3. The molecule has 0 heterocycles. The van der Waals surface area contributed by atoms with Gasteiger partial charge in [0.05, 0.1) is 0 Å². The Labute approximate surface area is 148 Å². The van der Waals surface area contributed by atoms with Gasteiger partial charge in [-0.05, 0) is 29.8 Å². The zero-order valence-electron chi connectivity index (χ0n) is 12.0. The fourth-order valence-corrected chi connectivity index (χ4v) is 3.55. The van der Waals surface area contributed by atoms with Crippen LogP contribution in [0.15, 0.2) is 54.6 Å². The predicted octanol–water partition coefficient (Wildman–Crippen LogP) is 5.04. The van der Waals surface area contributed by atoms with E-state index in [-0.39, 0.29) is 12.2 Å². The van der Waals surface area contributed by atoms with Crippen LogP contribution in [0, 0.1) is 0 Å². The summed E-state index contributed by atoms with van der Waals surface area (Å²) in [6, 6.07) is 15.6. The average molecular weight is 369 g/mol. The highest BCUT2D eigenvalue weighted by atomic mass is 35.5. The molecule has 0 aliphatic carbocycles. The van der Waals surface area contributed by atoms with Gasteiger partial charge in [-0.25, -0.2) is 0 Å². The van der Waals surface area contributed by atoms with Gasteiger partial charge in [0.25, 0.3) is 0 Å². The molecule has 0 bridgehead atoms. The molecule has 23 heavy (non-hydrogen) atoms. The van der Waals surface area contributed by atoms with Crippen molar-refractivity contribution < 1.29 is 14.7 Å². The summed E-state index contributed by atoms with van der Waals surface area (Å²) in [4.78, 5) is 23.7. The second-order valence-electron chi connectivity index (χ2n) is 4.82. The van der Waals surface area contributed by atoms with Crippen molar-refractivity contribution in [1.29, 1.82) is 0 Å². The van der Waals surface area contributed by atoms with Crippen LogP contribution < -0.4 is 0 Å². The topological polar surface area (TPSA) is 54.4 Å². The van der Waals surface area contributed by atoms with Gasteiger partial charge in [-0.3, -0.25) is 9.59 Å². The van der Waals surface area contributed by atoms with E-state index in [1.54, 1.807) is 24.3 Å². The smallest absolute Gasteiger partial charge is 0.317 e. The summed E-state index contributed by atoms with van der Waals surface area (Å²) >= 11 is 13.1. The molecule has 2 unspecified atom stereocenters. The molecule has 0 saturated carbocycles. The Morgan fingerprint density at radius 1 is 1.04 bits per heavy atom. The number of rotatable bonds is 7. The third-order valence-electron chi connectivity index (χ3n) is 3.16. The van der Waals surface area contributed by atoms with Crippen LogP contribution in [0.5, 0.6) is 0 Å². The standard InChI is InChI=1S/C17H14Cl2O3S/c18-13-8-6-11(7-9-13)14(20)10-15(17(21)22)23-16(19)12-4-2-1-3-5-12/h1-9,15-16H,10H2,(H,21,22). The number of carboxylic acids is 1. The molecule has 0 aliphatic rings. The highest BCUT2D eigenvalue weighted by Crippen LogP contribution is 2.37. The number of Topliss-reactive ketones (excluding diaryl/α,β-unsaturated/α-hetero) is 1. The summed E-state index contributed by atoms with van der Waals surface area (Å²) in [7, 11) is 0. The molecule has 1 N–H and O–H groups in total. The fraction of sp³-hybridized carbons (Fsp3) is 0.176. The maximum Gasteiger partial charge on any atom is 0.317 e. The lowest BCUT2D eigenvalue weighted by atomic mass is 10.1. The number of ketones is 1. The Balaban J connectivity index is 2.05. The Morgan fingerprint density at radius 3 is 2.22 bits per heavy atom. The van der Waals surface area contributed by atoms with Gasteiger partial charge in [0, 0.05) is 17.0 Å². The quantitative estimate of drug-likeness (QED) is 0.549. The summed E-state index contributed by atoms with van der Waals surface area (Å²) in [5, 5.41) is 8.96. The first kappa shape index (κ1) is 17.9. The first-order valence-electron chi connectivity index (χ1n) is 6.83. The molecule has 3 nitrogen and oxygen atoms in total. The van der Waals surface area contributed by atoms with Gasteiger partial charge >= 0.3 is 5.97 Å². The van der Waals surface area contributed by atoms with Gasteiger partial charge in [-0.15, -0.1) is 23.4 Å². The minimum Gasteiger partial charge on any atom is -0.480 e. The second-order valence-corrected chi connectivity index (χ2v) is 7.27. The van der Waals surface area contributed by atoms with E-state index >= 15 is 0 Å². The highest BCUT2D eigenvalue weighted by Gasteiger charge is 2.26. The summed E-state index contributed by atoms with van der Waals surface area (Å²) < 4.78 is -0.532. The zero-order chi connectivity index (χ0) is 16.8. The van der Waals surface area contributed by atoms with Crippen LogP contribution in [-0.4, -0.2) is 22.1 Å². The molecule has 2 rings (SSSR count). The Bertz CT molecular complexity index is 674. The molecule has 6 heteroatoms. The molecule has 2 atom stereocenters. The van der Waals surface area contributed by atoms with Crippen LogP contribution in [0.3, 0.4) is 0 Å². The molecular formula is C17H14Cl2O3S. The predicted molar refractivity (Wildman–Crippen MR) is 94.5 cm³/mol. The minimum atomic E-state index is -1.06. The molecule has 0 spiro atoms. The van der Waals surface area contributed by atoms with E-state index in [2.05, 4.69) is 0 Å². The molecule has 2 aromatic carbocycles. The van der Waals surface area contributed by atoms with E-state index in [1.807, 2.05) is 30.3 Å². The van der Waals surface area contributed by atoms with Gasteiger partial charge in [0.1, 0.15) is 9.96 Å². The van der Waals surface area contributed by atoms with Crippen LogP contribution in [0.25, 0.3) is 0 Å². The SMILES string of the molecule is O=C(CC(SC(Cl)c1ccccc1)C(=O)O)c1ccc(Cl)cc1. The van der Waals surface area contributed by atoms with Gasteiger partial charge in [0.2, 0.25) is 0 Å². The molecule has 0 aromatic heterocycles. The van der Waals surface area contributed by atoms with Crippen molar-refractivity contribution in [1.82, 2.24) is 0 Å². The highest BCUT2D eigenvalue weighted by molar-refractivity contribution is 8.01. The molecule has 120 valence electrons. The Hall–Kier alpha value is -1.49. The average Bonchev–Trinajstić information content (AvgIpc) is 2.55. The van der Waals surface area contributed by atoms with Crippen LogP contribution in [0.1, 0.15) is 27.1 Å². The lowest BCUT2D eigenvalue weighted by molar-refractivity contribution is -0.136. The summed E-state index contributed by atoms with van der Waals surface area (Å²) in [6.45, 7) is 0. The zero-order valence-corrected chi connectivity index (χ0v) is 14.3. The molecular weight excluding hydrogens is 355 g/mol. The van der Waals surface area contributed by atoms with Gasteiger partial charge in [-0.2, -0.15) is 0 Å². The lowest BCUT2D eigenvalue weighted by Crippen LogP contribution is -2.21. The second kappa shape index (κ2) is 8.39. The first-order valence-corrected chi connectivity index (χ1v) is 8.59. The largest absolute Gasteiger partial charge is 0.480 e. The summed E-state index contributed by atoms with van der Waals surface area (Å²) in [5.41, 5.74) is 1.25. The van der Waals surface area contributed by atoms with E-state index < -0.39 is 15.9 Å². The number of carboxylic acid groups (broad SMARTS) is 1. The van der Waals surface area contributed by atoms with Crippen molar-refractivity contribution in [3.8, 4) is 0 Å². The molecule has 0 aliphatic heterocycles. The number of benzene rings is 2. The number of thioether (sulfide) groups is 1. The number of carbonyl (C=O) groups is 2. The van der Waals surface area contributed by atoms with Crippen molar-refractivity contribution in [3.63, 3.8) is 0 Å². The van der Waals surface area contributed by atoms with Crippen molar-refractivity contribution in [2.75, 3.05) is 0 Å². The van der Waals surface area contributed by atoms with E-state index in [0.717, 1.165) is 17.3 Å². The first-order chi connectivity index (χ1) is 11.0. The molecule has 0 saturated heterocycles. The maximum absolute atomic E-state index is 12.2. The molecule has 2 aromatic rings. The van der Waals surface area contributed by atoms with Gasteiger partial charge < -0.3 is 5.11 Å². The van der Waals surface area contributed by atoms with E-state index in [4.69, 9.17) is 23.2 Å². The molecule has 0 radical (unpaired) electrons. The number of hydrogen-bond donors (Lipinski definition) is 1. The number of alkyl halides is 1. The van der Waals surface area contributed by atoms with Gasteiger partial charge in [-0.1, -0.05) is 41.9 Å². The Morgan fingerprint density at radius 2 is 1.65 bits per heavy atom. The number of carbonyl (C=O) groups excluding carboxylic acids is 1. The van der Waals surface area contributed by atoms with E-state index in [0.29, 0.717) is 10.6 Å². The van der Waals surface area contributed by atoms with Crippen molar-refractivity contribution in [3.05, 3.63) is 70.7 Å². The van der Waals surface area contributed by atoms with Crippen LogP contribution in [0.4, 0.5) is 0 Å². The lowest BCUT2D eigenvalue weighted by Gasteiger charge is -2.16. The van der Waals surface area contributed by atoms with Crippen molar-refractivity contribution in [2.24, 2.45) is 0 Å². The molecule has 0 amide bonds. The van der Waals surface area contributed by atoms with Crippen LogP contribution in [0.2, 0.25) is 5.02 Å². The Kier molecular flexibility index (Phi) is 6.51. The van der Waals surface area contributed by atoms with E-state index in [1.165, 1.54) is 0 Å². The number of aliphatic carboxylic acids is 1. The van der Waals surface area contributed by atoms with E-state index in [9.17, 15) is 14.7 Å². The van der Waals surface area contributed by atoms with Gasteiger partial charge in [0.15, 0.2) is 5.78 Å². The summed E-state index contributed by atoms with van der Waals surface area (Å²) in [6.07, 6.45) is -0.127. The third kappa shape index (κ3) is 5.27. The normalized spacial score (nSPS) is 13.3. The summed E-state index contributed by atoms with van der Waals surface area (Å²) in [5.74, 6) is -1.31. The fourth-order valence-electron chi connectivity index (χ4n) is 1.94. The van der Waals surface area contributed by atoms with Crippen molar-refractivity contribution >= 4 is 46.7 Å². The maximum atomic E-state index is 12.2. The van der Waals surface area contributed by atoms with Crippen LogP contribution in [-0.2, 0) is 4.79 Å². The van der Waals surface area contributed by atoms with Crippen LogP contribution >= 0.6 is 35.0 Å². The molecule has 0 fully saturated rings.